The fourth-order valence-electron chi connectivity index (χ4n) is 3.63. The second-order valence-electron chi connectivity index (χ2n) is 6.72. The van der Waals surface area contributed by atoms with E-state index in [-0.39, 0.29) is 0 Å². The molecule has 3 N–H and O–H groups in total. The fraction of sp³-hybridized carbons (Fsp3) is 0.0500. The normalized spacial score (nSPS) is 11.6. The lowest BCUT2D eigenvalue weighted by molar-refractivity contribution is 1.07. The van der Waals surface area contributed by atoms with Gasteiger partial charge in [0, 0.05) is 11.6 Å². The van der Waals surface area contributed by atoms with Gasteiger partial charge >= 0.3 is 0 Å². The highest BCUT2D eigenvalue weighted by atomic mass is 15.1. The zero-order chi connectivity index (χ0) is 19.4. The van der Waals surface area contributed by atoms with Gasteiger partial charge in [-0.2, -0.15) is 5.10 Å². The Labute approximate surface area is 163 Å². The van der Waals surface area contributed by atoms with Gasteiger partial charge in [-0.15, -0.1) is 0 Å². The molecule has 0 saturated heterocycles. The number of hydrogen-bond donors (Lipinski definition) is 3. The summed E-state index contributed by atoms with van der Waals surface area (Å²) in [6.45, 7) is 1.86. The van der Waals surface area contributed by atoms with Gasteiger partial charge in [0.15, 0.2) is 11.5 Å². The van der Waals surface area contributed by atoms with Crippen molar-refractivity contribution in [1.29, 1.82) is 0 Å². The zero-order valence-electron chi connectivity index (χ0n) is 15.4. The van der Waals surface area contributed by atoms with Crippen LogP contribution in [0, 0.1) is 6.92 Å². The predicted molar refractivity (Wildman–Crippen MR) is 110 cm³/mol. The molecule has 0 aliphatic carbocycles. The maximum absolute atomic E-state index is 4.82. The molecule has 5 heterocycles. The van der Waals surface area contributed by atoms with Gasteiger partial charge in [-0.25, -0.2) is 19.9 Å². The monoisotopic (exact) mass is 381 g/mol. The summed E-state index contributed by atoms with van der Waals surface area (Å²) in [5.41, 5.74) is 5.65. The summed E-state index contributed by atoms with van der Waals surface area (Å²) in [6.07, 6.45) is 5.40. The SMILES string of the molecule is Cc1nc(-c2c(Nc3cccc4[nH]ncc34)nc3ccccn23)c2[nH]cnc2n1. The molecule has 0 fully saturated rings. The quantitative estimate of drug-likeness (QED) is 0.432. The molecule has 9 heteroatoms. The minimum Gasteiger partial charge on any atom is -0.341 e. The Kier molecular flexibility index (Phi) is 3.19. The highest BCUT2D eigenvalue weighted by Gasteiger charge is 2.20. The summed E-state index contributed by atoms with van der Waals surface area (Å²) in [5.74, 6) is 1.34. The van der Waals surface area contributed by atoms with Crippen LogP contribution in [0.5, 0.6) is 0 Å². The molecule has 6 rings (SSSR count). The molecular formula is C20H15N9. The van der Waals surface area contributed by atoms with Gasteiger partial charge in [0.2, 0.25) is 0 Å². The Balaban J connectivity index is 1.64. The summed E-state index contributed by atoms with van der Waals surface area (Å²) in [7, 11) is 0. The molecule has 0 spiro atoms. The average Bonchev–Trinajstić information content (AvgIpc) is 3.45. The number of anilines is 2. The predicted octanol–water partition coefficient (Wildman–Crippen LogP) is 3.60. The minimum atomic E-state index is 0.626. The minimum absolute atomic E-state index is 0.626. The number of H-pyrrole nitrogens is 2. The van der Waals surface area contributed by atoms with E-state index in [1.807, 2.05) is 53.9 Å². The molecule has 6 aromatic rings. The van der Waals surface area contributed by atoms with Crippen LogP contribution in [0.2, 0.25) is 0 Å². The van der Waals surface area contributed by atoms with E-state index in [1.54, 1.807) is 12.5 Å². The number of hydrogen-bond acceptors (Lipinski definition) is 6. The molecule has 0 radical (unpaired) electrons. The van der Waals surface area contributed by atoms with Gasteiger partial charge in [0.1, 0.15) is 28.4 Å². The third-order valence-electron chi connectivity index (χ3n) is 4.89. The van der Waals surface area contributed by atoms with Crippen LogP contribution in [-0.2, 0) is 0 Å². The second-order valence-corrected chi connectivity index (χ2v) is 6.72. The number of fused-ring (bicyclic) bond motifs is 3. The number of aromatic nitrogens is 8. The van der Waals surface area contributed by atoms with Crippen LogP contribution >= 0.6 is 0 Å². The summed E-state index contributed by atoms with van der Waals surface area (Å²) in [5, 5.41) is 11.6. The highest BCUT2D eigenvalue weighted by Crippen LogP contribution is 2.34. The van der Waals surface area contributed by atoms with Gasteiger partial charge in [0.05, 0.1) is 23.7 Å². The second kappa shape index (κ2) is 5.86. The summed E-state index contributed by atoms with van der Waals surface area (Å²) in [4.78, 5) is 21.4. The van der Waals surface area contributed by atoms with Crippen LogP contribution in [0.4, 0.5) is 11.5 Å². The van der Waals surface area contributed by atoms with E-state index in [0.717, 1.165) is 39.1 Å². The molecule has 0 aliphatic heterocycles. The zero-order valence-corrected chi connectivity index (χ0v) is 15.4. The van der Waals surface area contributed by atoms with Crippen LogP contribution in [0.15, 0.2) is 55.1 Å². The van der Waals surface area contributed by atoms with Crippen LogP contribution in [0.1, 0.15) is 5.82 Å². The molecule has 29 heavy (non-hydrogen) atoms. The number of benzene rings is 1. The van der Waals surface area contributed by atoms with E-state index in [0.29, 0.717) is 17.3 Å². The Morgan fingerprint density at radius 3 is 2.97 bits per heavy atom. The number of aryl methyl sites for hydroxylation is 1. The van der Waals surface area contributed by atoms with Crippen molar-refractivity contribution in [3.05, 3.63) is 60.9 Å². The van der Waals surface area contributed by atoms with Crippen molar-refractivity contribution in [2.75, 3.05) is 5.32 Å². The number of pyridine rings is 1. The van der Waals surface area contributed by atoms with Crippen molar-refractivity contribution in [2.24, 2.45) is 0 Å². The Morgan fingerprint density at radius 1 is 1.03 bits per heavy atom. The largest absolute Gasteiger partial charge is 0.341 e. The molecule has 140 valence electrons. The summed E-state index contributed by atoms with van der Waals surface area (Å²) < 4.78 is 2.01. The van der Waals surface area contributed by atoms with Crippen molar-refractivity contribution in [3.63, 3.8) is 0 Å². The van der Waals surface area contributed by atoms with Gasteiger partial charge in [-0.1, -0.05) is 12.1 Å². The van der Waals surface area contributed by atoms with Crippen molar-refractivity contribution in [2.45, 2.75) is 6.92 Å². The number of imidazole rings is 2. The van der Waals surface area contributed by atoms with Crippen molar-refractivity contribution < 1.29 is 0 Å². The fourth-order valence-corrected chi connectivity index (χ4v) is 3.63. The summed E-state index contributed by atoms with van der Waals surface area (Å²) >= 11 is 0. The van der Waals surface area contributed by atoms with E-state index >= 15 is 0 Å². The number of nitrogens with one attached hydrogen (secondary N) is 3. The third-order valence-corrected chi connectivity index (χ3v) is 4.89. The lowest BCUT2D eigenvalue weighted by atomic mass is 10.2. The molecule has 9 nitrogen and oxygen atoms in total. The first-order valence-corrected chi connectivity index (χ1v) is 9.12. The van der Waals surface area contributed by atoms with Crippen LogP contribution in [0.3, 0.4) is 0 Å². The van der Waals surface area contributed by atoms with E-state index < -0.39 is 0 Å². The highest BCUT2D eigenvalue weighted by molar-refractivity contribution is 5.96. The first kappa shape index (κ1) is 15.8. The smallest absolute Gasteiger partial charge is 0.181 e. The molecule has 0 amide bonds. The lowest BCUT2D eigenvalue weighted by Gasteiger charge is -2.09. The van der Waals surface area contributed by atoms with Crippen molar-refractivity contribution in [1.82, 2.24) is 39.5 Å². The standard InChI is InChI=1S/C20H15N9/c1-11-24-16(17-19(25-11)22-10-21-17)18-20(27-15-7-2-3-8-29(15)18)26-13-5-4-6-14-12(13)9-23-28-14/h2-10,26H,1H3,(H,23,28)(H,21,22,24,25). The maximum Gasteiger partial charge on any atom is 0.181 e. The summed E-state index contributed by atoms with van der Waals surface area (Å²) in [6, 6.07) is 11.9. The van der Waals surface area contributed by atoms with Crippen molar-refractivity contribution in [3.8, 4) is 11.4 Å². The van der Waals surface area contributed by atoms with E-state index in [2.05, 4.69) is 30.5 Å². The van der Waals surface area contributed by atoms with Gasteiger partial charge in [-0.3, -0.25) is 9.50 Å². The van der Waals surface area contributed by atoms with Crippen LogP contribution in [-0.4, -0.2) is 39.5 Å². The van der Waals surface area contributed by atoms with Crippen LogP contribution in [0.25, 0.3) is 39.1 Å². The molecule has 1 aromatic carbocycles. The third kappa shape index (κ3) is 2.37. The lowest BCUT2D eigenvalue weighted by Crippen LogP contribution is -1.99. The number of rotatable bonds is 3. The Hall–Kier alpha value is -4.27. The molecule has 0 aliphatic rings. The topological polar surface area (TPSA) is 112 Å². The van der Waals surface area contributed by atoms with E-state index in [1.165, 1.54) is 0 Å². The first-order chi connectivity index (χ1) is 14.3. The Bertz CT molecular complexity index is 1500. The molecular weight excluding hydrogens is 366 g/mol. The average molecular weight is 381 g/mol. The number of nitrogens with zero attached hydrogens (tertiary/aromatic N) is 6. The molecule has 0 saturated carbocycles. The Morgan fingerprint density at radius 2 is 2.00 bits per heavy atom. The van der Waals surface area contributed by atoms with Crippen molar-refractivity contribution >= 4 is 39.2 Å². The number of aromatic amines is 2. The van der Waals surface area contributed by atoms with Gasteiger partial charge < -0.3 is 10.3 Å². The molecule has 0 atom stereocenters. The molecule has 0 unspecified atom stereocenters. The van der Waals surface area contributed by atoms with Gasteiger partial charge in [0.25, 0.3) is 0 Å². The molecule has 0 bridgehead atoms. The first-order valence-electron chi connectivity index (χ1n) is 9.12. The van der Waals surface area contributed by atoms with E-state index in [9.17, 15) is 0 Å². The maximum atomic E-state index is 4.82. The van der Waals surface area contributed by atoms with Crippen LogP contribution < -0.4 is 5.32 Å². The van der Waals surface area contributed by atoms with E-state index in [4.69, 9.17) is 9.97 Å². The van der Waals surface area contributed by atoms with Gasteiger partial charge in [-0.05, 0) is 31.2 Å². The molecule has 5 aromatic heterocycles.